The standard InChI is InChI=1S/C15H21N5O2/c1-4-5-10-20-18-15(17-19-20)16-14(21)12-6-8-13(9-7-12)22-11(2)3/h6-9,11H,4-5,10H2,1-3H3,(H,16,18,21). The minimum Gasteiger partial charge on any atom is -0.491 e. The van der Waals surface area contributed by atoms with Crippen molar-refractivity contribution in [3.05, 3.63) is 29.8 Å². The predicted molar refractivity (Wildman–Crippen MR) is 82.9 cm³/mol. The number of aryl methyl sites for hydroxylation is 1. The van der Waals surface area contributed by atoms with Crippen LogP contribution in [-0.2, 0) is 6.54 Å². The fourth-order valence-electron chi connectivity index (χ4n) is 1.82. The Morgan fingerprint density at radius 3 is 2.68 bits per heavy atom. The van der Waals surface area contributed by atoms with Crippen LogP contribution in [0.4, 0.5) is 5.95 Å². The first-order valence-corrected chi connectivity index (χ1v) is 7.44. The first kappa shape index (κ1) is 15.9. The summed E-state index contributed by atoms with van der Waals surface area (Å²) in [5.74, 6) is 0.671. The molecule has 0 aliphatic carbocycles. The molecule has 0 fully saturated rings. The van der Waals surface area contributed by atoms with Crippen molar-refractivity contribution in [3.8, 4) is 5.75 Å². The lowest BCUT2D eigenvalue weighted by Crippen LogP contribution is -2.13. The van der Waals surface area contributed by atoms with Crippen LogP contribution in [0.15, 0.2) is 24.3 Å². The number of aromatic nitrogens is 4. The number of rotatable bonds is 7. The Balaban J connectivity index is 1.95. The van der Waals surface area contributed by atoms with E-state index in [1.165, 1.54) is 4.80 Å². The van der Waals surface area contributed by atoms with E-state index in [-0.39, 0.29) is 18.0 Å². The first-order chi connectivity index (χ1) is 10.6. The fraction of sp³-hybridized carbons (Fsp3) is 0.467. The smallest absolute Gasteiger partial charge is 0.270 e. The Hall–Kier alpha value is -2.44. The highest BCUT2D eigenvalue weighted by Gasteiger charge is 2.10. The predicted octanol–water partition coefficient (Wildman–Crippen LogP) is 2.51. The second-order valence-electron chi connectivity index (χ2n) is 5.21. The van der Waals surface area contributed by atoms with Gasteiger partial charge in [0.1, 0.15) is 5.75 Å². The molecule has 0 bridgehead atoms. The number of hydrogen-bond donors (Lipinski definition) is 1. The summed E-state index contributed by atoms with van der Waals surface area (Å²) in [7, 11) is 0. The van der Waals surface area contributed by atoms with Gasteiger partial charge in [-0.05, 0) is 49.7 Å². The lowest BCUT2D eigenvalue weighted by atomic mass is 10.2. The zero-order chi connectivity index (χ0) is 15.9. The molecule has 0 aliphatic rings. The minimum absolute atomic E-state index is 0.0991. The van der Waals surface area contributed by atoms with Gasteiger partial charge in [-0.1, -0.05) is 18.4 Å². The number of nitrogens with zero attached hydrogens (tertiary/aromatic N) is 4. The third kappa shape index (κ3) is 4.54. The SMILES string of the molecule is CCCCn1nnc(NC(=O)c2ccc(OC(C)C)cc2)n1. The molecule has 1 aromatic carbocycles. The van der Waals surface area contributed by atoms with Gasteiger partial charge in [-0.3, -0.25) is 10.1 Å². The van der Waals surface area contributed by atoms with Crippen LogP contribution in [0.3, 0.4) is 0 Å². The molecule has 0 aliphatic heterocycles. The van der Waals surface area contributed by atoms with Gasteiger partial charge in [-0.25, -0.2) is 0 Å². The second kappa shape index (κ2) is 7.53. The maximum Gasteiger partial charge on any atom is 0.270 e. The molecule has 7 nitrogen and oxygen atoms in total. The van der Waals surface area contributed by atoms with E-state index in [0.29, 0.717) is 12.1 Å². The maximum atomic E-state index is 12.1. The van der Waals surface area contributed by atoms with Gasteiger partial charge < -0.3 is 4.74 Å². The van der Waals surface area contributed by atoms with Gasteiger partial charge in [0.25, 0.3) is 11.9 Å². The molecule has 0 saturated carbocycles. The van der Waals surface area contributed by atoms with Gasteiger partial charge in [0.05, 0.1) is 12.6 Å². The number of amides is 1. The van der Waals surface area contributed by atoms with Crippen molar-refractivity contribution >= 4 is 11.9 Å². The molecule has 1 amide bonds. The van der Waals surface area contributed by atoms with E-state index in [2.05, 4.69) is 27.7 Å². The van der Waals surface area contributed by atoms with Crippen molar-refractivity contribution in [1.29, 1.82) is 0 Å². The van der Waals surface area contributed by atoms with Crippen molar-refractivity contribution < 1.29 is 9.53 Å². The number of carbonyl (C=O) groups is 1. The number of ether oxygens (including phenoxy) is 1. The van der Waals surface area contributed by atoms with Crippen LogP contribution in [0.5, 0.6) is 5.75 Å². The lowest BCUT2D eigenvalue weighted by Gasteiger charge is -2.09. The summed E-state index contributed by atoms with van der Waals surface area (Å²) in [6.07, 6.45) is 2.12. The van der Waals surface area contributed by atoms with E-state index in [1.807, 2.05) is 13.8 Å². The van der Waals surface area contributed by atoms with Crippen molar-refractivity contribution in [2.75, 3.05) is 5.32 Å². The van der Waals surface area contributed by atoms with Crippen LogP contribution in [-0.4, -0.2) is 32.2 Å². The number of anilines is 1. The third-order valence-electron chi connectivity index (χ3n) is 2.88. The summed E-state index contributed by atoms with van der Waals surface area (Å²) in [5, 5.41) is 14.4. The molecule has 7 heteroatoms. The van der Waals surface area contributed by atoms with Crippen LogP contribution in [0, 0.1) is 0 Å². The molecule has 1 aromatic heterocycles. The Bertz CT molecular complexity index is 607. The quantitative estimate of drug-likeness (QED) is 0.850. The number of nitrogens with one attached hydrogen (secondary N) is 1. The van der Waals surface area contributed by atoms with Crippen LogP contribution >= 0.6 is 0 Å². The molecule has 0 radical (unpaired) electrons. The van der Waals surface area contributed by atoms with Gasteiger partial charge in [0.2, 0.25) is 0 Å². The molecule has 2 rings (SSSR count). The van der Waals surface area contributed by atoms with Crippen molar-refractivity contribution in [2.45, 2.75) is 46.3 Å². The molecular formula is C15H21N5O2. The number of benzene rings is 1. The lowest BCUT2D eigenvalue weighted by molar-refractivity contribution is 0.102. The third-order valence-corrected chi connectivity index (χ3v) is 2.88. The summed E-state index contributed by atoms with van der Waals surface area (Å²) >= 11 is 0. The molecule has 0 atom stereocenters. The number of tetrazole rings is 1. The average Bonchev–Trinajstić information content (AvgIpc) is 2.92. The Morgan fingerprint density at radius 2 is 2.05 bits per heavy atom. The zero-order valence-electron chi connectivity index (χ0n) is 13.1. The van der Waals surface area contributed by atoms with E-state index in [1.54, 1.807) is 24.3 Å². The average molecular weight is 303 g/mol. The van der Waals surface area contributed by atoms with Crippen molar-refractivity contribution in [2.24, 2.45) is 0 Å². The Kier molecular flexibility index (Phi) is 5.46. The van der Waals surface area contributed by atoms with Gasteiger partial charge in [0, 0.05) is 5.56 Å². The van der Waals surface area contributed by atoms with Gasteiger partial charge in [0.15, 0.2) is 0 Å². The van der Waals surface area contributed by atoms with Gasteiger partial charge in [-0.2, -0.15) is 4.80 Å². The zero-order valence-corrected chi connectivity index (χ0v) is 13.1. The first-order valence-electron chi connectivity index (χ1n) is 7.44. The number of unbranched alkanes of at least 4 members (excludes halogenated alkanes) is 1. The van der Waals surface area contributed by atoms with Crippen molar-refractivity contribution in [1.82, 2.24) is 20.2 Å². The van der Waals surface area contributed by atoms with E-state index < -0.39 is 0 Å². The van der Waals surface area contributed by atoms with E-state index in [0.717, 1.165) is 18.6 Å². The monoisotopic (exact) mass is 303 g/mol. The molecule has 22 heavy (non-hydrogen) atoms. The second-order valence-corrected chi connectivity index (χ2v) is 5.21. The molecule has 1 heterocycles. The Labute approximate surface area is 129 Å². The molecule has 2 aromatic rings. The van der Waals surface area contributed by atoms with Crippen molar-refractivity contribution in [3.63, 3.8) is 0 Å². The van der Waals surface area contributed by atoms with Crippen LogP contribution in [0.1, 0.15) is 44.0 Å². The molecule has 0 spiro atoms. The summed E-state index contributed by atoms with van der Waals surface area (Å²) in [5.41, 5.74) is 0.515. The minimum atomic E-state index is -0.272. The highest BCUT2D eigenvalue weighted by Crippen LogP contribution is 2.14. The van der Waals surface area contributed by atoms with Crippen LogP contribution in [0.25, 0.3) is 0 Å². The highest BCUT2D eigenvalue weighted by atomic mass is 16.5. The maximum absolute atomic E-state index is 12.1. The fourth-order valence-corrected chi connectivity index (χ4v) is 1.82. The summed E-state index contributed by atoms with van der Waals surface area (Å²) in [4.78, 5) is 13.6. The number of hydrogen-bond acceptors (Lipinski definition) is 5. The molecule has 0 saturated heterocycles. The molecule has 118 valence electrons. The van der Waals surface area contributed by atoms with Crippen LogP contribution in [0.2, 0.25) is 0 Å². The molecule has 0 unspecified atom stereocenters. The molecule has 1 N–H and O–H groups in total. The van der Waals surface area contributed by atoms with E-state index >= 15 is 0 Å². The van der Waals surface area contributed by atoms with E-state index in [4.69, 9.17) is 4.74 Å². The van der Waals surface area contributed by atoms with Gasteiger partial charge >= 0.3 is 0 Å². The number of carbonyl (C=O) groups excluding carboxylic acids is 1. The van der Waals surface area contributed by atoms with E-state index in [9.17, 15) is 4.79 Å². The largest absolute Gasteiger partial charge is 0.491 e. The topological polar surface area (TPSA) is 81.9 Å². The Morgan fingerprint density at radius 1 is 1.32 bits per heavy atom. The summed E-state index contributed by atoms with van der Waals surface area (Å²) in [6.45, 7) is 6.69. The summed E-state index contributed by atoms with van der Waals surface area (Å²) < 4.78 is 5.54. The molecular weight excluding hydrogens is 282 g/mol. The highest BCUT2D eigenvalue weighted by molar-refractivity contribution is 6.03. The normalized spacial score (nSPS) is 10.7. The van der Waals surface area contributed by atoms with Gasteiger partial charge in [-0.15, -0.1) is 5.10 Å². The van der Waals surface area contributed by atoms with Crippen LogP contribution < -0.4 is 10.1 Å². The summed E-state index contributed by atoms with van der Waals surface area (Å²) in [6, 6.07) is 6.93.